The average Bonchev–Trinajstić information content (AvgIpc) is 2.47. The molecule has 1 aliphatic heterocycles. The van der Waals surface area contributed by atoms with E-state index in [2.05, 4.69) is 10.3 Å². The number of rotatable bonds is 3. The summed E-state index contributed by atoms with van der Waals surface area (Å²) in [7, 11) is 1.81. The maximum Gasteiger partial charge on any atom is 0.253 e. The van der Waals surface area contributed by atoms with E-state index in [4.69, 9.17) is 4.74 Å². The Kier molecular flexibility index (Phi) is 4.28. The predicted molar refractivity (Wildman–Crippen MR) is 68.0 cm³/mol. The van der Waals surface area contributed by atoms with Gasteiger partial charge in [0.25, 0.3) is 5.91 Å². The summed E-state index contributed by atoms with van der Waals surface area (Å²) < 4.78 is 5.48. The van der Waals surface area contributed by atoms with Gasteiger partial charge in [0.2, 0.25) is 0 Å². The van der Waals surface area contributed by atoms with E-state index in [1.54, 1.807) is 17.3 Å². The zero-order valence-electron chi connectivity index (χ0n) is 10.8. The van der Waals surface area contributed by atoms with Crippen LogP contribution in [-0.4, -0.2) is 48.6 Å². The summed E-state index contributed by atoms with van der Waals surface area (Å²) in [4.78, 5) is 18.0. The summed E-state index contributed by atoms with van der Waals surface area (Å²) >= 11 is 0. The molecule has 0 radical (unpaired) electrons. The molecule has 0 aliphatic carbocycles. The fourth-order valence-electron chi connectivity index (χ4n) is 2.01. The zero-order chi connectivity index (χ0) is 13.0. The molecule has 0 saturated carbocycles. The second-order valence-corrected chi connectivity index (χ2v) is 4.47. The molecule has 1 aromatic heterocycles. The van der Waals surface area contributed by atoms with Gasteiger partial charge in [0.1, 0.15) is 6.10 Å². The monoisotopic (exact) mass is 249 g/mol. The van der Waals surface area contributed by atoms with Crippen LogP contribution in [0.5, 0.6) is 0 Å². The first-order valence-electron chi connectivity index (χ1n) is 6.19. The molecule has 1 aliphatic rings. The SMILES string of the molecule is CC(c1ccncc1)N(C)C(=O)C1CNCCO1. The number of aromatic nitrogens is 1. The first kappa shape index (κ1) is 13.0. The van der Waals surface area contributed by atoms with E-state index in [-0.39, 0.29) is 18.1 Å². The van der Waals surface area contributed by atoms with Crippen molar-refractivity contribution < 1.29 is 9.53 Å². The molecule has 5 nitrogen and oxygen atoms in total. The van der Waals surface area contributed by atoms with Gasteiger partial charge in [-0.1, -0.05) is 0 Å². The van der Waals surface area contributed by atoms with Gasteiger partial charge in [-0.3, -0.25) is 9.78 Å². The molecule has 1 N–H and O–H groups in total. The lowest BCUT2D eigenvalue weighted by Gasteiger charge is -2.31. The van der Waals surface area contributed by atoms with Gasteiger partial charge in [0, 0.05) is 32.5 Å². The number of morpholine rings is 1. The lowest BCUT2D eigenvalue weighted by Crippen LogP contribution is -2.48. The fourth-order valence-corrected chi connectivity index (χ4v) is 2.01. The van der Waals surface area contributed by atoms with Crippen molar-refractivity contribution in [3.63, 3.8) is 0 Å². The van der Waals surface area contributed by atoms with E-state index >= 15 is 0 Å². The molecule has 0 spiro atoms. The molecule has 1 amide bonds. The number of nitrogens with zero attached hydrogens (tertiary/aromatic N) is 2. The van der Waals surface area contributed by atoms with Crippen molar-refractivity contribution in [3.05, 3.63) is 30.1 Å². The molecule has 5 heteroatoms. The summed E-state index contributed by atoms with van der Waals surface area (Å²) in [5.74, 6) is 0.0199. The van der Waals surface area contributed by atoms with Crippen molar-refractivity contribution >= 4 is 5.91 Å². The van der Waals surface area contributed by atoms with Crippen LogP contribution in [0, 0.1) is 0 Å². The highest BCUT2D eigenvalue weighted by Crippen LogP contribution is 2.19. The molecule has 98 valence electrons. The molecule has 0 aromatic carbocycles. The standard InChI is InChI=1S/C13H19N3O2/c1-10(11-3-5-14-6-4-11)16(2)13(17)12-9-15-7-8-18-12/h3-6,10,12,15H,7-9H2,1-2H3. The normalized spacial score (nSPS) is 21.3. The van der Waals surface area contributed by atoms with Crippen LogP contribution in [0.1, 0.15) is 18.5 Å². The molecule has 18 heavy (non-hydrogen) atoms. The number of pyridine rings is 1. The quantitative estimate of drug-likeness (QED) is 0.852. The first-order chi connectivity index (χ1) is 8.70. The Hall–Kier alpha value is -1.46. The van der Waals surface area contributed by atoms with Crippen LogP contribution in [0.4, 0.5) is 0 Å². The van der Waals surface area contributed by atoms with Crippen molar-refractivity contribution in [2.24, 2.45) is 0 Å². The predicted octanol–water partition coefficient (Wildman–Crippen LogP) is 0.589. The second-order valence-electron chi connectivity index (χ2n) is 4.47. The van der Waals surface area contributed by atoms with Crippen LogP contribution in [0.2, 0.25) is 0 Å². The molecular formula is C13H19N3O2. The molecular weight excluding hydrogens is 230 g/mol. The fraction of sp³-hybridized carbons (Fsp3) is 0.538. The van der Waals surface area contributed by atoms with Gasteiger partial charge in [-0.2, -0.15) is 0 Å². The minimum Gasteiger partial charge on any atom is -0.366 e. The third-order valence-electron chi connectivity index (χ3n) is 3.32. The number of nitrogens with one attached hydrogen (secondary N) is 1. The lowest BCUT2D eigenvalue weighted by molar-refractivity contribution is -0.145. The molecule has 2 rings (SSSR count). The van der Waals surface area contributed by atoms with E-state index in [0.717, 1.165) is 12.1 Å². The zero-order valence-corrected chi connectivity index (χ0v) is 10.8. The number of carbonyl (C=O) groups excluding carboxylic acids is 1. The van der Waals surface area contributed by atoms with Crippen molar-refractivity contribution in [2.45, 2.75) is 19.1 Å². The first-order valence-corrected chi connectivity index (χ1v) is 6.19. The number of likely N-dealkylation sites (N-methyl/N-ethyl adjacent to an activating group) is 1. The molecule has 1 fully saturated rings. The van der Waals surface area contributed by atoms with Crippen molar-refractivity contribution in [2.75, 3.05) is 26.7 Å². The summed E-state index contributed by atoms with van der Waals surface area (Å²) in [5.41, 5.74) is 1.07. The number of ether oxygens (including phenoxy) is 1. The van der Waals surface area contributed by atoms with Gasteiger partial charge in [0.15, 0.2) is 0 Å². The van der Waals surface area contributed by atoms with Crippen molar-refractivity contribution in [3.8, 4) is 0 Å². The summed E-state index contributed by atoms with van der Waals surface area (Å²) in [6.45, 7) is 4.00. The van der Waals surface area contributed by atoms with Crippen LogP contribution < -0.4 is 5.32 Å². The van der Waals surface area contributed by atoms with Gasteiger partial charge in [0.05, 0.1) is 12.6 Å². The lowest BCUT2D eigenvalue weighted by atomic mass is 10.1. The van der Waals surface area contributed by atoms with Gasteiger partial charge in [-0.05, 0) is 24.6 Å². The van der Waals surface area contributed by atoms with Gasteiger partial charge in [-0.25, -0.2) is 0 Å². The third-order valence-corrected chi connectivity index (χ3v) is 3.32. The Morgan fingerprint density at radius 3 is 2.89 bits per heavy atom. The smallest absolute Gasteiger partial charge is 0.253 e. The van der Waals surface area contributed by atoms with Gasteiger partial charge in [-0.15, -0.1) is 0 Å². The number of hydrogen-bond donors (Lipinski definition) is 1. The van der Waals surface area contributed by atoms with Crippen LogP contribution in [-0.2, 0) is 9.53 Å². The summed E-state index contributed by atoms with van der Waals surface area (Å²) in [6.07, 6.45) is 3.11. The minimum absolute atomic E-state index is 0.0195. The van der Waals surface area contributed by atoms with E-state index in [9.17, 15) is 4.79 Å². The average molecular weight is 249 g/mol. The Morgan fingerprint density at radius 2 is 2.28 bits per heavy atom. The molecule has 1 aromatic rings. The number of carbonyl (C=O) groups is 1. The Labute approximate surface area is 107 Å². The number of hydrogen-bond acceptors (Lipinski definition) is 4. The third kappa shape index (κ3) is 2.86. The van der Waals surface area contributed by atoms with E-state index in [1.165, 1.54) is 0 Å². The van der Waals surface area contributed by atoms with Crippen molar-refractivity contribution in [1.29, 1.82) is 0 Å². The highest BCUT2D eigenvalue weighted by atomic mass is 16.5. The summed E-state index contributed by atoms with van der Waals surface area (Å²) in [6, 6.07) is 3.87. The minimum atomic E-state index is -0.368. The Balaban J connectivity index is 2.01. The largest absolute Gasteiger partial charge is 0.366 e. The van der Waals surface area contributed by atoms with Gasteiger partial charge >= 0.3 is 0 Å². The Bertz CT molecular complexity index is 390. The van der Waals surface area contributed by atoms with Crippen LogP contribution in [0.15, 0.2) is 24.5 Å². The van der Waals surface area contributed by atoms with E-state index < -0.39 is 0 Å². The highest BCUT2D eigenvalue weighted by Gasteiger charge is 2.27. The van der Waals surface area contributed by atoms with Crippen molar-refractivity contribution in [1.82, 2.24) is 15.2 Å². The molecule has 0 bridgehead atoms. The van der Waals surface area contributed by atoms with Gasteiger partial charge < -0.3 is 15.0 Å². The van der Waals surface area contributed by atoms with Crippen LogP contribution >= 0.6 is 0 Å². The van der Waals surface area contributed by atoms with E-state index in [1.807, 2.05) is 26.1 Å². The topological polar surface area (TPSA) is 54.5 Å². The summed E-state index contributed by atoms with van der Waals surface area (Å²) in [5, 5.41) is 3.17. The maximum absolute atomic E-state index is 12.3. The van der Waals surface area contributed by atoms with E-state index in [0.29, 0.717) is 13.2 Å². The second kappa shape index (κ2) is 5.93. The highest BCUT2D eigenvalue weighted by molar-refractivity contribution is 5.81. The molecule has 2 unspecified atom stereocenters. The maximum atomic E-state index is 12.3. The molecule has 2 heterocycles. The number of amides is 1. The Morgan fingerprint density at radius 1 is 1.56 bits per heavy atom. The van der Waals surface area contributed by atoms with Crippen LogP contribution in [0.25, 0.3) is 0 Å². The molecule has 2 atom stereocenters. The molecule has 1 saturated heterocycles. The van der Waals surface area contributed by atoms with Crippen LogP contribution in [0.3, 0.4) is 0 Å².